The highest BCUT2D eigenvalue weighted by molar-refractivity contribution is 7.13. The van der Waals surface area contributed by atoms with Crippen LogP contribution in [0.25, 0.3) is 0 Å². The van der Waals surface area contributed by atoms with E-state index in [0.29, 0.717) is 70.3 Å². The Morgan fingerprint density at radius 2 is 1.97 bits per heavy atom. The number of rotatable bonds is 9. The van der Waals surface area contributed by atoms with Crippen LogP contribution in [0.2, 0.25) is 0 Å². The molecule has 1 aliphatic carbocycles. The Labute approximate surface area is 217 Å². The smallest absolute Gasteiger partial charge is 0.422 e. The number of nitrogens with zero attached hydrogens (tertiary/aromatic N) is 3. The molecule has 2 aromatic heterocycles. The lowest BCUT2D eigenvalue weighted by atomic mass is 9.81. The van der Waals surface area contributed by atoms with Gasteiger partial charge in [0.2, 0.25) is 0 Å². The molecule has 7 nitrogen and oxygen atoms in total. The summed E-state index contributed by atoms with van der Waals surface area (Å²) in [5.74, 6) is 0.302. The van der Waals surface area contributed by atoms with Gasteiger partial charge in [0, 0.05) is 42.7 Å². The summed E-state index contributed by atoms with van der Waals surface area (Å²) in [7, 11) is 0. The SMILES string of the molecule is Cc1ccc(OCC(=O)N[C@H]2CC[C@](F)(CCN3CCc4nc(OCC(F)(F)F)sc4CC3)CC2)cn1. The molecule has 0 saturated heterocycles. The van der Waals surface area contributed by atoms with Crippen LogP contribution in [0.5, 0.6) is 10.9 Å². The molecule has 1 aliphatic heterocycles. The topological polar surface area (TPSA) is 76.6 Å². The number of halogens is 4. The number of thiazole rings is 1. The third-order valence-electron chi connectivity index (χ3n) is 6.81. The van der Waals surface area contributed by atoms with E-state index in [2.05, 4.69) is 20.2 Å². The molecule has 1 N–H and O–H groups in total. The minimum absolute atomic E-state index is 0.0565. The minimum atomic E-state index is -4.39. The number of hydrogen-bond acceptors (Lipinski definition) is 7. The monoisotopic (exact) mass is 544 g/mol. The maximum absolute atomic E-state index is 15.5. The van der Waals surface area contributed by atoms with E-state index in [1.54, 1.807) is 12.3 Å². The summed E-state index contributed by atoms with van der Waals surface area (Å²) in [5.41, 5.74) is 0.378. The first kappa shape index (κ1) is 27.6. The van der Waals surface area contributed by atoms with E-state index in [9.17, 15) is 18.0 Å². The van der Waals surface area contributed by atoms with E-state index in [-0.39, 0.29) is 23.7 Å². The molecule has 1 fully saturated rings. The fourth-order valence-electron chi connectivity index (χ4n) is 4.66. The molecular formula is C25H32F4N4O3S. The van der Waals surface area contributed by atoms with E-state index < -0.39 is 18.5 Å². The summed E-state index contributed by atoms with van der Waals surface area (Å²) in [6, 6.07) is 3.51. The molecule has 0 atom stereocenters. The van der Waals surface area contributed by atoms with Crippen molar-refractivity contribution < 1.29 is 31.8 Å². The van der Waals surface area contributed by atoms with Gasteiger partial charge < -0.3 is 19.7 Å². The Morgan fingerprint density at radius 1 is 1.22 bits per heavy atom. The maximum Gasteiger partial charge on any atom is 0.422 e. The summed E-state index contributed by atoms with van der Waals surface area (Å²) < 4.78 is 62.9. The van der Waals surface area contributed by atoms with Gasteiger partial charge in [-0.05, 0) is 57.6 Å². The van der Waals surface area contributed by atoms with Gasteiger partial charge >= 0.3 is 6.18 Å². The van der Waals surface area contributed by atoms with E-state index >= 15 is 4.39 Å². The average Bonchev–Trinajstić information content (AvgIpc) is 3.15. The van der Waals surface area contributed by atoms with Gasteiger partial charge in [-0.3, -0.25) is 9.78 Å². The van der Waals surface area contributed by atoms with Gasteiger partial charge in [-0.15, -0.1) is 0 Å². The number of nitrogens with one attached hydrogen (secondary N) is 1. The summed E-state index contributed by atoms with van der Waals surface area (Å²) >= 11 is 1.16. The van der Waals surface area contributed by atoms with Crippen molar-refractivity contribution in [1.82, 2.24) is 20.2 Å². The van der Waals surface area contributed by atoms with Gasteiger partial charge in [0.15, 0.2) is 13.2 Å². The second-order valence-electron chi connectivity index (χ2n) is 9.76. The van der Waals surface area contributed by atoms with Crippen molar-refractivity contribution in [1.29, 1.82) is 0 Å². The number of aryl methyl sites for hydroxylation is 1. The van der Waals surface area contributed by atoms with Crippen molar-refractivity contribution in [2.45, 2.75) is 69.8 Å². The molecule has 0 aromatic carbocycles. The molecule has 0 bridgehead atoms. The Morgan fingerprint density at radius 3 is 2.68 bits per heavy atom. The zero-order valence-electron chi connectivity index (χ0n) is 20.8. The first-order valence-electron chi connectivity index (χ1n) is 12.5. The predicted octanol–water partition coefficient (Wildman–Crippen LogP) is 4.42. The number of hydrogen-bond donors (Lipinski definition) is 1. The molecular weight excluding hydrogens is 512 g/mol. The summed E-state index contributed by atoms with van der Waals surface area (Å²) in [6.45, 7) is 2.42. The summed E-state index contributed by atoms with van der Waals surface area (Å²) in [5, 5.41) is 3.00. The van der Waals surface area contributed by atoms with E-state index in [1.807, 2.05) is 13.0 Å². The van der Waals surface area contributed by atoms with Gasteiger partial charge in [-0.25, -0.2) is 9.37 Å². The molecule has 0 radical (unpaired) electrons. The molecule has 12 heteroatoms. The Kier molecular flexibility index (Phi) is 8.89. The number of pyridine rings is 1. The van der Waals surface area contributed by atoms with Crippen molar-refractivity contribution in [2.75, 3.05) is 32.8 Å². The third-order valence-corrected chi connectivity index (χ3v) is 7.88. The first-order chi connectivity index (χ1) is 17.6. The number of fused-ring (bicyclic) bond motifs is 1. The molecule has 1 amide bonds. The highest BCUT2D eigenvalue weighted by atomic mass is 32.1. The maximum atomic E-state index is 15.5. The fraction of sp³-hybridized carbons (Fsp3) is 0.640. The zero-order valence-corrected chi connectivity index (χ0v) is 21.6. The first-order valence-corrected chi connectivity index (χ1v) is 13.3. The zero-order chi connectivity index (χ0) is 26.5. The molecule has 2 aromatic rings. The van der Waals surface area contributed by atoms with Gasteiger partial charge in [-0.1, -0.05) is 11.3 Å². The van der Waals surface area contributed by atoms with Crippen LogP contribution in [0.15, 0.2) is 18.3 Å². The number of aromatic nitrogens is 2. The van der Waals surface area contributed by atoms with Crippen LogP contribution in [0.4, 0.5) is 17.6 Å². The highest BCUT2D eigenvalue weighted by Gasteiger charge is 2.36. The van der Waals surface area contributed by atoms with Crippen molar-refractivity contribution >= 4 is 17.2 Å². The summed E-state index contributed by atoms with van der Waals surface area (Å²) in [4.78, 5) is 23.7. The van der Waals surface area contributed by atoms with Gasteiger partial charge in [0.05, 0.1) is 11.9 Å². The standard InChI is InChI=1S/C25H32F4N4O3S/c1-17-2-3-19(14-30-17)35-15-22(34)31-18-4-8-24(26,9-5-18)10-13-33-11-6-20-21(7-12-33)37-23(32-20)36-16-25(27,28)29/h2-3,14,18H,4-13,15-16H2,1H3,(H,31,34)/t18-,24+. The Hall–Kier alpha value is -2.47. The van der Waals surface area contributed by atoms with E-state index in [1.165, 1.54) is 0 Å². The van der Waals surface area contributed by atoms with Crippen molar-refractivity contribution in [3.05, 3.63) is 34.6 Å². The molecule has 1 saturated carbocycles. The number of carbonyl (C=O) groups is 1. The quantitative estimate of drug-likeness (QED) is 0.471. The fourth-order valence-corrected chi connectivity index (χ4v) is 5.60. The largest absolute Gasteiger partial charge is 0.482 e. The normalized spacial score (nSPS) is 22.7. The van der Waals surface area contributed by atoms with Crippen LogP contribution in [0, 0.1) is 6.92 Å². The molecule has 4 rings (SSSR count). The number of amides is 1. The van der Waals surface area contributed by atoms with Gasteiger partial charge in [0.1, 0.15) is 11.4 Å². The number of carbonyl (C=O) groups excluding carboxylic acids is 1. The number of ether oxygens (including phenoxy) is 2. The van der Waals surface area contributed by atoms with Crippen LogP contribution >= 0.6 is 11.3 Å². The molecule has 3 heterocycles. The third kappa shape index (κ3) is 8.53. The molecule has 0 spiro atoms. The van der Waals surface area contributed by atoms with Crippen molar-refractivity contribution in [3.8, 4) is 10.9 Å². The lowest BCUT2D eigenvalue weighted by Gasteiger charge is -2.35. The van der Waals surface area contributed by atoms with Crippen LogP contribution < -0.4 is 14.8 Å². The van der Waals surface area contributed by atoms with Crippen LogP contribution in [0.3, 0.4) is 0 Å². The highest BCUT2D eigenvalue weighted by Crippen LogP contribution is 2.36. The second kappa shape index (κ2) is 11.9. The van der Waals surface area contributed by atoms with Crippen LogP contribution in [0.1, 0.15) is 48.4 Å². The molecule has 0 unspecified atom stereocenters. The van der Waals surface area contributed by atoms with Crippen molar-refractivity contribution in [2.24, 2.45) is 0 Å². The Balaban J connectivity index is 1.15. The molecule has 204 valence electrons. The Bertz CT molecular complexity index is 1010. The van der Waals surface area contributed by atoms with Crippen LogP contribution in [-0.4, -0.2) is 71.5 Å². The van der Waals surface area contributed by atoms with Crippen LogP contribution in [-0.2, 0) is 17.6 Å². The lowest BCUT2D eigenvalue weighted by molar-refractivity contribution is -0.153. The minimum Gasteiger partial charge on any atom is -0.482 e. The van der Waals surface area contributed by atoms with Gasteiger partial charge in [0.25, 0.3) is 11.1 Å². The summed E-state index contributed by atoms with van der Waals surface area (Å²) in [6.07, 6.45) is 0.815. The molecule has 2 aliphatic rings. The lowest BCUT2D eigenvalue weighted by Crippen LogP contribution is -2.44. The van der Waals surface area contributed by atoms with Gasteiger partial charge in [-0.2, -0.15) is 13.2 Å². The average molecular weight is 545 g/mol. The van der Waals surface area contributed by atoms with Crippen molar-refractivity contribution in [3.63, 3.8) is 0 Å². The predicted molar refractivity (Wildman–Crippen MR) is 131 cm³/mol. The van der Waals surface area contributed by atoms with E-state index in [4.69, 9.17) is 9.47 Å². The molecule has 37 heavy (non-hydrogen) atoms. The second-order valence-corrected chi connectivity index (χ2v) is 10.8. The van der Waals surface area contributed by atoms with E-state index in [0.717, 1.165) is 27.6 Å². The number of alkyl halides is 4.